The lowest BCUT2D eigenvalue weighted by Gasteiger charge is -2.40. The Labute approximate surface area is 109 Å². The molecule has 0 saturated heterocycles. The van der Waals surface area contributed by atoms with Crippen LogP contribution < -0.4 is 5.32 Å². The molecule has 17 heavy (non-hydrogen) atoms. The van der Waals surface area contributed by atoms with Crippen LogP contribution in [0.15, 0.2) is 0 Å². The van der Waals surface area contributed by atoms with E-state index in [0.717, 1.165) is 11.8 Å². The summed E-state index contributed by atoms with van der Waals surface area (Å²) in [5.41, 5.74) is 0.536. The first-order valence-corrected chi connectivity index (χ1v) is 7.80. The van der Waals surface area contributed by atoms with Crippen molar-refractivity contribution in [3.63, 3.8) is 0 Å². The van der Waals surface area contributed by atoms with Gasteiger partial charge in [0, 0.05) is 0 Å². The molecule has 102 valence electrons. The normalized spacial score (nSPS) is 26.1. The van der Waals surface area contributed by atoms with Crippen LogP contribution >= 0.6 is 0 Å². The molecule has 1 aliphatic carbocycles. The second-order valence-electron chi connectivity index (χ2n) is 6.63. The summed E-state index contributed by atoms with van der Waals surface area (Å²) in [5, 5.41) is 3.56. The molecule has 0 heterocycles. The van der Waals surface area contributed by atoms with E-state index in [-0.39, 0.29) is 0 Å². The summed E-state index contributed by atoms with van der Waals surface area (Å²) in [4.78, 5) is 0. The summed E-state index contributed by atoms with van der Waals surface area (Å²) in [6, 6.07) is 0. The van der Waals surface area contributed by atoms with Gasteiger partial charge in [-0.3, -0.25) is 0 Å². The molecule has 1 N–H and O–H groups in total. The van der Waals surface area contributed by atoms with Gasteiger partial charge < -0.3 is 5.32 Å². The number of hydrogen-bond donors (Lipinski definition) is 1. The van der Waals surface area contributed by atoms with Crippen molar-refractivity contribution in [1.82, 2.24) is 5.32 Å². The molecule has 0 aromatic heterocycles. The quantitative estimate of drug-likeness (QED) is 0.639. The van der Waals surface area contributed by atoms with Crippen LogP contribution in [-0.4, -0.2) is 13.1 Å². The topological polar surface area (TPSA) is 12.0 Å². The SMILES string of the molecule is CCCNCCC(C)(C)C1CCCC(CC)C1. The van der Waals surface area contributed by atoms with Gasteiger partial charge in [0.25, 0.3) is 0 Å². The molecule has 0 aliphatic heterocycles. The van der Waals surface area contributed by atoms with Gasteiger partial charge in [0.1, 0.15) is 0 Å². The molecule has 0 radical (unpaired) electrons. The fourth-order valence-electron chi connectivity index (χ4n) is 3.29. The Hall–Kier alpha value is -0.0400. The molecular weight excluding hydrogens is 206 g/mol. The third-order valence-corrected chi connectivity index (χ3v) is 4.84. The van der Waals surface area contributed by atoms with Crippen molar-refractivity contribution < 1.29 is 0 Å². The maximum Gasteiger partial charge on any atom is -0.00437 e. The lowest BCUT2D eigenvalue weighted by atomic mass is 9.66. The number of nitrogens with one attached hydrogen (secondary N) is 1. The molecule has 1 fully saturated rings. The van der Waals surface area contributed by atoms with Crippen molar-refractivity contribution in [1.29, 1.82) is 0 Å². The van der Waals surface area contributed by atoms with Gasteiger partial charge in [-0.15, -0.1) is 0 Å². The zero-order valence-electron chi connectivity index (χ0n) is 12.5. The van der Waals surface area contributed by atoms with E-state index < -0.39 is 0 Å². The van der Waals surface area contributed by atoms with Gasteiger partial charge >= 0.3 is 0 Å². The summed E-state index contributed by atoms with van der Waals surface area (Å²) in [6.45, 7) is 12.0. The fourth-order valence-corrected chi connectivity index (χ4v) is 3.29. The third-order valence-electron chi connectivity index (χ3n) is 4.84. The monoisotopic (exact) mass is 239 g/mol. The van der Waals surface area contributed by atoms with Crippen LogP contribution in [-0.2, 0) is 0 Å². The van der Waals surface area contributed by atoms with Gasteiger partial charge in [0.2, 0.25) is 0 Å². The molecule has 1 saturated carbocycles. The molecule has 2 atom stereocenters. The molecule has 0 aromatic rings. The van der Waals surface area contributed by atoms with Crippen LogP contribution in [0.1, 0.15) is 72.6 Å². The fraction of sp³-hybridized carbons (Fsp3) is 1.00. The zero-order valence-corrected chi connectivity index (χ0v) is 12.5. The van der Waals surface area contributed by atoms with Gasteiger partial charge in [0.05, 0.1) is 0 Å². The first-order valence-electron chi connectivity index (χ1n) is 7.80. The Kier molecular flexibility index (Phi) is 6.54. The van der Waals surface area contributed by atoms with E-state index >= 15 is 0 Å². The first kappa shape index (κ1) is 15.0. The van der Waals surface area contributed by atoms with Crippen LogP contribution in [0.25, 0.3) is 0 Å². The smallest absolute Gasteiger partial charge is 0.00437 e. The summed E-state index contributed by atoms with van der Waals surface area (Å²) >= 11 is 0. The van der Waals surface area contributed by atoms with Gasteiger partial charge in [-0.1, -0.05) is 47.0 Å². The number of hydrogen-bond acceptors (Lipinski definition) is 1. The lowest BCUT2D eigenvalue weighted by molar-refractivity contribution is 0.114. The molecule has 0 amide bonds. The van der Waals surface area contributed by atoms with Crippen LogP contribution in [0, 0.1) is 17.3 Å². The van der Waals surface area contributed by atoms with E-state index in [0.29, 0.717) is 5.41 Å². The van der Waals surface area contributed by atoms with Crippen molar-refractivity contribution in [3.8, 4) is 0 Å². The predicted octanol–water partition coefficient (Wildman–Crippen LogP) is 4.62. The molecule has 0 aromatic carbocycles. The largest absolute Gasteiger partial charge is 0.317 e. The second kappa shape index (κ2) is 7.41. The van der Waals surface area contributed by atoms with E-state index in [1.165, 1.54) is 58.0 Å². The van der Waals surface area contributed by atoms with Crippen LogP contribution in [0.4, 0.5) is 0 Å². The summed E-state index contributed by atoms with van der Waals surface area (Å²) in [7, 11) is 0. The Balaban J connectivity index is 2.34. The van der Waals surface area contributed by atoms with E-state index in [4.69, 9.17) is 0 Å². The summed E-state index contributed by atoms with van der Waals surface area (Å²) in [5.74, 6) is 1.97. The van der Waals surface area contributed by atoms with E-state index in [1.807, 2.05) is 0 Å². The van der Waals surface area contributed by atoms with Crippen molar-refractivity contribution in [3.05, 3.63) is 0 Å². The van der Waals surface area contributed by atoms with E-state index in [1.54, 1.807) is 0 Å². The minimum absolute atomic E-state index is 0.536. The average molecular weight is 239 g/mol. The molecule has 1 rings (SSSR count). The average Bonchev–Trinajstić information content (AvgIpc) is 2.35. The third kappa shape index (κ3) is 4.99. The Bertz CT molecular complexity index is 198. The van der Waals surface area contributed by atoms with Gasteiger partial charge in [-0.2, -0.15) is 0 Å². The summed E-state index contributed by atoms with van der Waals surface area (Å²) < 4.78 is 0. The lowest BCUT2D eigenvalue weighted by Crippen LogP contribution is -2.32. The van der Waals surface area contributed by atoms with Gasteiger partial charge in [0.15, 0.2) is 0 Å². The van der Waals surface area contributed by atoms with Crippen molar-refractivity contribution in [2.45, 2.75) is 72.6 Å². The molecule has 0 spiro atoms. The molecule has 1 aliphatic rings. The standard InChI is InChI=1S/C16H33N/c1-5-11-17-12-10-16(3,4)15-9-7-8-14(6-2)13-15/h14-15,17H,5-13H2,1-4H3. The molecule has 1 nitrogen and oxygen atoms in total. The van der Waals surface area contributed by atoms with E-state index in [9.17, 15) is 0 Å². The number of rotatable bonds is 7. The maximum absolute atomic E-state index is 3.56. The first-order chi connectivity index (χ1) is 8.10. The molecular formula is C16H33N. The second-order valence-corrected chi connectivity index (χ2v) is 6.63. The molecule has 0 bridgehead atoms. The minimum atomic E-state index is 0.536. The highest BCUT2D eigenvalue weighted by molar-refractivity contribution is 4.84. The van der Waals surface area contributed by atoms with Crippen LogP contribution in [0.5, 0.6) is 0 Å². The van der Waals surface area contributed by atoms with Gasteiger partial charge in [-0.25, -0.2) is 0 Å². The predicted molar refractivity (Wildman–Crippen MR) is 77.3 cm³/mol. The zero-order chi connectivity index (χ0) is 12.7. The highest BCUT2D eigenvalue weighted by Crippen LogP contribution is 2.43. The Morgan fingerprint density at radius 1 is 1.12 bits per heavy atom. The van der Waals surface area contributed by atoms with Crippen LogP contribution in [0.3, 0.4) is 0 Å². The highest BCUT2D eigenvalue weighted by Gasteiger charge is 2.32. The summed E-state index contributed by atoms with van der Waals surface area (Å²) in [6.07, 6.45) is 9.89. The Morgan fingerprint density at radius 2 is 1.88 bits per heavy atom. The molecule has 2 unspecified atom stereocenters. The van der Waals surface area contributed by atoms with Crippen molar-refractivity contribution in [2.24, 2.45) is 17.3 Å². The van der Waals surface area contributed by atoms with Gasteiger partial charge in [-0.05, 0) is 56.0 Å². The van der Waals surface area contributed by atoms with Crippen molar-refractivity contribution >= 4 is 0 Å². The Morgan fingerprint density at radius 3 is 2.53 bits per heavy atom. The molecule has 1 heteroatoms. The van der Waals surface area contributed by atoms with Crippen molar-refractivity contribution in [2.75, 3.05) is 13.1 Å². The van der Waals surface area contributed by atoms with E-state index in [2.05, 4.69) is 33.0 Å². The maximum atomic E-state index is 3.56. The van der Waals surface area contributed by atoms with Crippen LogP contribution in [0.2, 0.25) is 0 Å². The highest BCUT2D eigenvalue weighted by atomic mass is 14.8. The minimum Gasteiger partial charge on any atom is -0.317 e.